The largest absolute Gasteiger partial charge is 0.504 e. The molecule has 2 aliphatic heterocycles. The van der Waals surface area contributed by atoms with Crippen LogP contribution in [0.25, 0.3) is 0 Å². The van der Waals surface area contributed by atoms with Crippen LogP contribution in [0.4, 0.5) is 0 Å². The molecule has 2 bridgehead atoms. The van der Waals surface area contributed by atoms with Gasteiger partial charge >= 0.3 is 0 Å². The second-order valence-electron chi connectivity index (χ2n) is 11.3. The van der Waals surface area contributed by atoms with Gasteiger partial charge in [-0.3, -0.25) is 4.90 Å². The van der Waals surface area contributed by atoms with Crippen molar-refractivity contribution in [2.75, 3.05) is 59.8 Å². The number of ether oxygens (including phenoxy) is 5. The van der Waals surface area contributed by atoms with Crippen LogP contribution in [-0.4, -0.2) is 98.8 Å². The second-order valence-corrected chi connectivity index (χ2v) is 11.3. The third-order valence-electron chi connectivity index (χ3n) is 9.60. The molecule has 8 heteroatoms. The SMILES string of the molecule is COCCOCCOCCOC1CC[C@@]2(O)C3Cc4ccc(O)c5c4C2(CCN3CC2CCC2)[C@H]1O5. The average molecular weight is 504 g/mol. The van der Waals surface area contributed by atoms with E-state index in [0.717, 1.165) is 43.8 Å². The number of aromatic hydroxyl groups is 1. The van der Waals surface area contributed by atoms with Crippen molar-refractivity contribution in [3.8, 4) is 11.5 Å². The monoisotopic (exact) mass is 503 g/mol. The number of rotatable bonds is 12. The molecule has 8 nitrogen and oxygen atoms in total. The fourth-order valence-electron chi connectivity index (χ4n) is 7.70. The van der Waals surface area contributed by atoms with Crippen molar-refractivity contribution in [3.63, 3.8) is 0 Å². The van der Waals surface area contributed by atoms with E-state index < -0.39 is 11.0 Å². The van der Waals surface area contributed by atoms with E-state index >= 15 is 0 Å². The Bertz CT molecular complexity index is 939. The number of nitrogens with zero attached hydrogens (tertiary/aromatic N) is 1. The highest BCUT2D eigenvalue weighted by molar-refractivity contribution is 5.62. The minimum Gasteiger partial charge on any atom is -0.504 e. The molecule has 2 saturated carbocycles. The van der Waals surface area contributed by atoms with E-state index in [1.165, 1.54) is 24.8 Å². The zero-order valence-corrected chi connectivity index (χ0v) is 21.5. The maximum Gasteiger partial charge on any atom is 0.165 e. The molecule has 0 aromatic heterocycles. The van der Waals surface area contributed by atoms with Crippen molar-refractivity contribution < 1.29 is 33.9 Å². The molecule has 3 unspecified atom stereocenters. The van der Waals surface area contributed by atoms with E-state index in [1.54, 1.807) is 13.2 Å². The summed E-state index contributed by atoms with van der Waals surface area (Å²) in [6.45, 7) is 5.18. The molecule has 0 amide bonds. The summed E-state index contributed by atoms with van der Waals surface area (Å²) in [5, 5.41) is 23.3. The number of benzene rings is 1. The van der Waals surface area contributed by atoms with Crippen molar-refractivity contribution in [2.45, 2.75) is 74.2 Å². The van der Waals surface area contributed by atoms with Gasteiger partial charge in [-0.2, -0.15) is 0 Å². The highest BCUT2D eigenvalue weighted by Crippen LogP contribution is 2.65. The van der Waals surface area contributed by atoms with Gasteiger partial charge in [-0.25, -0.2) is 0 Å². The van der Waals surface area contributed by atoms with Crippen molar-refractivity contribution >= 4 is 0 Å². The van der Waals surface area contributed by atoms with Gasteiger partial charge in [0.15, 0.2) is 11.5 Å². The predicted molar refractivity (Wildman–Crippen MR) is 133 cm³/mol. The van der Waals surface area contributed by atoms with Gasteiger partial charge in [-0.15, -0.1) is 0 Å². The molecule has 3 aliphatic carbocycles. The highest BCUT2D eigenvalue weighted by atomic mass is 16.6. The molecule has 6 rings (SSSR count). The summed E-state index contributed by atoms with van der Waals surface area (Å²) >= 11 is 0. The van der Waals surface area contributed by atoms with E-state index in [9.17, 15) is 10.2 Å². The number of piperidine rings is 1. The number of hydrogen-bond acceptors (Lipinski definition) is 8. The van der Waals surface area contributed by atoms with E-state index in [2.05, 4.69) is 4.90 Å². The number of methoxy groups -OCH3 is 1. The van der Waals surface area contributed by atoms with Crippen LogP contribution >= 0.6 is 0 Å². The predicted octanol–water partition coefficient (Wildman–Crippen LogP) is 2.41. The first-order valence-corrected chi connectivity index (χ1v) is 13.8. The van der Waals surface area contributed by atoms with Crippen LogP contribution in [-0.2, 0) is 30.8 Å². The zero-order valence-electron chi connectivity index (χ0n) is 21.5. The number of phenols is 1. The summed E-state index contributed by atoms with van der Waals surface area (Å²) in [4.78, 5) is 2.57. The van der Waals surface area contributed by atoms with Gasteiger partial charge in [0.2, 0.25) is 0 Å². The number of hydrogen-bond donors (Lipinski definition) is 2. The Balaban J connectivity index is 1.17. The van der Waals surface area contributed by atoms with Crippen LogP contribution in [0, 0.1) is 5.92 Å². The van der Waals surface area contributed by atoms with Gasteiger partial charge in [-0.1, -0.05) is 12.5 Å². The smallest absolute Gasteiger partial charge is 0.165 e. The Kier molecular flexibility index (Phi) is 6.94. The number of likely N-dealkylation sites (tertiary alicyclic amines) is 1. The van der Waals surface area contributed by atoms with Crippen molar-refractivity contribution in [1.82, 2.24) is 4.90 Å². The molecule has 1 aromatic rings. The van der Waals surface area contributed by atoms with Gasteiger partial charge in [0.1, 0.15) is 6.10 Å². The Morgan fingerprint density at radius 3 is 2.56 bits per heavy atom. The summed E-state index contributed by atoms with van der Waals surface area (Å²) in [5.74, 6) is 1.51. The summed E-state index contributed by atoms with van der Waals surface area (Å²) in [5.41, 5.74) is 0.860. The lowest BCUT2D eigenvalue weighted by molar-refractivity contribution is -0.218. The summed E-state index contributed by atoms with van der Waals surface area (Å²) < 4.78 is 29.0. The fraction of sp³-hybridized carbons (Fsp3) is 0.786. The summed E-state index contributed by atoms with van der Waals surface area (Å²) in [7, 11) is 1.66. The van der Waals surface area contributed by atoms with E-state index in [4.69, 9.17) is 23.7 Å². The molecule has 5 aliphatic rings. The van der Waals surface area contributed by atoms with Gasteiger partial charge in [0.05, 0.1) is 56.8 Å². The molecule has 200 valence electrons. The zero-order chi connectivity index (χ0) is 24.8. The van der Waals surface area contributed by atoms with Crippen molar-refractivity contribution in [3.05, 3.63) is 23.3 Å². The molecule has 1 aromatic carbocycles. The van der Waals surface area contributed by atoms with Crippen molar-refractivity contribution in [1.29, 1.82) is 0 Å². The van der Waals surface area contributed by atoms with Gasteiger partial charge in [0, 0.05) is 25.3 Å². The minimum absolute atomic E-state index is 0.0864. The first kappa shape index (κ1) is 24.9. The maximum absolute atomic E-state index is 12.5. The standard InChI is InChI=1S/C28H41NO7/c1-32-11-12-33-13-14-34-15-16-35-22-7-8-28(31)23-17-20-5-6-21(30)25-24(20)27(28,26(22)36-25)9-10-29(23)18-19-3-2-4-19/h5-6,19,22-23,26,30-31H,2-4,7-18H2,1H3/t22?,23?,26-,27?,28+/m0/s1. The Labute approximate surface area is 213 Å². The first-order chi connectivity index (χ1) is 17.6. The molecule has 36 heavy (non-hydrogen) atoms. The van der Waals surface area contributed by atoms with Gasteiger partial charge < -0.3 is 33.9 Å². The van der Waals surface area contributed by atoms with Gasteiger partial charge in [0.25, 0.3) is 0 Å². The first-order valence-electron chi connectivity index (χ1n) is 13.8. The lowest BCUT2D eigenvalue weighted by atomic mass is 9.48. The third-order valence-corrected chi connectivity index (χ3v) is 9.60. The number of aliphatic hydroxyl groups is 1. The molecule has 5 atom stereocenters. The molecule has 1 spiro atoms. The Morgan fingerprint density at radius 2 is 1.81 bits per heavy atom. The normalized spacial score (nSPS) is 34.8. The van der Waals surface area contributed by atoms with E-state index in [0.29, 0.717) is 51.8 Å². The third kappa shape index (κ3) is 3.87. The average Bonchev–Trinajstić information content (AvgIpc) is 3.20. The van der Waals surface area contributed by atoms with Gasteiger partial charge in [-0.05, 0) is 62.6 Å². The van der Waals surface area contributed by atoms with Crippen molar-refractivity contribution in [2.24, 2.45) is 5.92 Å². The molecule has 0 radical (unpaired) electrons. The molecule has 2 heterocycles. The Hall–Kier alpha value is -1.42. The topological polar surface area (TPSA) is 89.9 Å². The summed E-state index contributed by atoms with van der Waals surface area (Å²) in [6, 6.07) is 3.90. The molecular weight excluding hydrogens is 462 g/mol. The van der Waals surface area contributed by atoms with Crippen LogP contribution < -0.4 is 4.74 Å². The van der Waals surface area contributed by atoms with E-state index in [1.807, 2.05) is 6.07 Å². The fourth-order valence-corrected chi connectivity index (χ4v) is 7.70. The second kappa shape index (κ2) is 10.0. The summed E-state index contributed by atoms with van der Waals surface area (Å²) in [6.07, 6.45) is 6.57. The quantitative estimate of drug-likeness (QED) is 0.421. The molecule has 2 N–H and O–H groups in total. The minimum atomic E-state index is -0.873. The molecular formula is C28H41NO7. The number of phenolic OH excluding ortho intramolecular Hbond substituents is 1. The molecule has 3 fully saturated rings. The maximum atomic E-state index is 12.5. The van der Waals surface area contributed by atoms with Crippen LogP contribution in [0.15, 0.2) is 12.1 Å². The lowest BCUT2D eigenvalue weighted by Crippen LogP contribution is -2.77. The van der Waals surface area contributed by atoms with E-state index in [-0.39, 0.29) is 24.0 Å². The Morgan fingerprint density at radius 1 is 1.03 bits per heavy atom. The highest BCUT2D eigenvalue weighted by Gasteiger charge is 2.73. The molecule has 1 saturated heterocycles. The lowest BCUT2D eigenvalue weighted by Gasteiger charge is -2.64. The van der Waals surface area contributed by atoms with Crippen LogP contribution in [0.5, 0.6) is 11.5 Å². The van der Waals surface area contributed by atoms with Crippen LogP contribution in [0.1, 0.15) is 49.7 Å². The van der Waals surface area contributed by atoms with Crippen LogP contribution in [0.3, 0.4) is 0 Å². The van der Waals surface area contributed by atoms with Crippen LogP contribution in [0.2, 0.25) is 0 Å².